The third-order valence-electron chi connectivity index (χ3n) is 3.07. The van der Waals surface area contributed by atoms with E-state index < -0.39 is 67.4 Å². The molecule has 0 bridgehead atoms. The first-order valence-electron chi connectivity index (χ1n) is 7.30. The van der Waals surface area contributed by atoms with Gasteiger partial charge in [0.2, 0.25) is 0 Å². The number of esters is 1. The molecule has 22 heteroatoms. The maximum absolute atomic E-state index is 13.9. The minimum atomic E-state index is -8.09. The predicted octanol–water partition coefficient (Wildman–Crippen LogP) is 5.32. The molecule has 0 spiro atoms. The van der Waals surface area contributed by atoms with Gasteiger partial charge in [-0.05, 0) is 0 Å². The van der Waals surface area contributed by atoms with Crippen LogP contribution in [-0.2, 0) is 19.0 Å². The monoisotopic (exact) mass is 549 g/mol. The van der Waals surface area contributed by atoms with Crippen LogP contribution in [0.5, 0.6) is 0 Å². The highest BCUT2D eigenvalue weighted by atomic mass is 19.4. The van der Waals surface area contributed by atoms with Gasteiger partial charge in [-0.15, -0.1) is 0 Å². The van der Waals surface area contributed by atoms with Gasteiger partial charge in [-0.1, -0.05) is 0 Å². The highest BCUT2D eigenvalue weighted by Crippen LogP contribution is 2.56. The fraction of sp³-hybridized carbons (Fsp3) is 0.833. The van der Waals surface area contributed by atoms with Crippen molar-refractivity contribution in [2.24, 2.45) is 0 Å². The van der Waals surface area contributed by atoms with Gasteiger partial charge in [0.1, 0.15) is 6.61 Å². The summed E-state index contributed by atoms with van der Waals surface area (Å²) in [5.74, 6) is -26.7. The SMILES string of the molecule is N#CCCOC(=O)[C@](F)(OC(F)(F)[C@](F)(OC(F)(F)C(F)(F)C(F)(F)F)C(F)(F)F)C(F)(F)F. The number of rotatable bonds is 9. The van der Waals surface area contributed by atoms with Crippen LogP contribution < -0.4 is 0 Å². The number of carbonyl (C=O) groups is 1. The second kappa shape index (κ2) is 9.04. The normalized spacial score (nSPS) is 18.0. The molecular formula is C12H4F17NO4. The minimum Gasteiger partial charge on any atom is -0.460 e. The first-order valence-corrected chi connectivity index (χ1v) is 7.30. The molecule has 5 nitrogen and oxygen atoms in total. The van der Waals surface area contributed by atoms with Crippen molar-refractivity contribution in [2.75, 3.05) is 6.61 Å². The quantitative estimate of drug-likeness (QED) is 0.222. The van der Waals surface area contributed by atoms with Gasteiger partial charge in [0.25, 0.3) is 0 Å². The van der Waals surface area contributed by atoms with Crippen LogP contribution in [0.2, 0.25) is 0 Å². The zero-order valence-corrected chi connectivity index (χ0v) is 14.9. The van der Waals surface area contributed by atoms with Gasteiger partial charge >= 0.3 is 54.3 Å². The molecule has 0 aliphatic heterocycles. The Balaban J connectivity index is 6.65. The van der Waals surface area contributed by atoms with E-state index in [-0.39, 0.29) is 0 Å². The summed E-state index contributed by atoms with van der Waals surface area (Å²) in [6.45, 7) is -1.60. The molecule has 0 aromatic rings. The van der Waals surface area contributed by atoms with Gasteiger partial charge in [-0.25, -0.2) is 4.79 Å². The Morgan fingerprint density at radius 1 is 0.647 bits per heavy atom. The topological polar surface area (TPSA) is 68.5 Å². The average Bonchev–Trinajstić information content (AvgIpc) is 2.57. The summed E-state index contributed by atoms with van der Waals surface area (Å²) < 4.78 is 225. The van der Waals surface area contributed by atoms with E-state index in [2.05, 4.69) is 4.74 Å². The molecule has 0 unspecified atom stereocenters. The first-order chi connectivity index (χ1) is 14.6. The Morgan fingerprint density at radius 2 is 1.09 bits per heavy atom. The smallest absolute Gasteiger partial charge is 0.460 e. The van der Waals surface area contributed by atoms with Crippen molar-refractivity contribution >= 4 is 5.97 Å². The summed E-state index contributed by atoms with van der Waals surface area (Å²) in [6, 6.07) is 1.01. The van der Waals surface area contributed by atoms with E-state index in [1.165, 1.54) is 4.74 Å². The van der Waals surface area contributed by atoms with Crippen LogP contribution in [-0.4, -0.2) is 61.0 Å². The summed E-state index contributed by atoms with van der Waals surface area (Å²) in [5, 5.41) is 8.04. The fourth-order valence-electron chi connectivity index (χ4n) is 1.43. The molecule has 2 atom stereocenters. The van der Waals surface area contributed by atoms with Crippen LogP contribution in [0, 0.1) is 11.3 Å². The van der Waals surface area contributed by atoms with Crippen LogP contribution in [0.25, 0.3) is 0 Å². The van der Waals surface area contributed by atoms with Gasteiger partial charge in [0, 0.05) is 0 Å². The molecule has 0 rings (SSSR count). The molecule has 0 heterocycles. The summed E-state index contributed by atoms with van der Waals surface area (Å²) in [5.41, 5.74) is 0. The van der Waals surface area contributed by atoms with Crippen LogP contribution in [0.1, 0.15) is 6.42 Å². The van der Waals surface area contributed by atoms with Crippen molar-refractivity contribution < 1.29 is 93.6 Å². The molecule has 0 radical (unpaired) electrons. The molecule has 0 aliphatic rings. The lowest BCUT2D eigenvalue weighted by Gasteiger charge is -2.39. The van der Waals surface area contributed by atoms with Crippen LogP contribution >= 0.6 is 0 Å². The van der Waals surface area contributed by atoms with Gasteiger partial charge < -0.3 is 4.74 Å². The van der Waals surface area contributed by atoms with E-state index in [0.717, 1.165) is 6.07 Å². The lowest BCUT2D eigenvalue weighted by atomic mass is 10.2. The summed E-state index contributed by atoms with van der Waals surface area (Å²) in [4.78, 5) is 11.1. The summed E-state index contributed by atoms with van der Waals surface area (Å²) in [6.07, 6.45) is -39.9. The number of hydrogen-bond acceptors (Lipinski definition) is 5. The molecule has 0 aromatic heterocycles. The Kier molecular flexibility index (Phi) is 8.43. The molecule has 0 N–H and O–H groups in total. The Labute approximate surface area is 173 Å². The third kappa shape index (κ3) is 5.66. The van der Waals surface area contributed by atoms with E-state index in [1.54, 1.807) is 4.74 Å². The molecular weight excluding hydrogens is 545 g/mol. The average molecular weight is 549 g/mol. The van der Waals surface area contributed by atoms with Gasteiger partial charge in [0.05, 0.1) is 12.5 Å². The van der Waals surface area contributed by atoms with E-state index in [1.807, 2.05) is 0 Å². The standard InChI is InChI=1S/C12H4F17NO4/c13-5(8(17,18)19,4(31)32-3-1-2-30)33-12(28,29)7(16,10(23,24)25)34-11(26,27)6(14,15)9(20,21)22/h1,3H2/t5-,7+/m0/s1. The molecule has 0 aromatic carbocycles. The number of nitriles is 1. The minimum absolute atomic E-state index is 1.01. The summed E-state index contributed by atoms with van der Waals surface area (Å²) >= 11 is 0. The van der Waals surface area contributed by atoms with Gasteiger partial charge in [-0.2, -0.15) is 79.9 Å². The van der Waals surface area contributed by atoms with Gasteiger partial charge in [0.15, 0.2) is 0 Å². The van der Waals surface area contributed by atoms with Crippen molar-refractivity contribution in [1.29, 1.82) is 5.26 Å². The van der Waals surface area contributed by atoms with Crippen LogP contribution in [0.4, 0.5) is 74.6 Å². The van der Waals surface area contributed by atoms with Gasteiger partial charge in [-0.3, -0.25) is 9.47 Å². The number of halogens is 17. The Hall–Kier alpha value is -2.31. The maximum Gasteiger partial charge on any atom is 0.462 e. The second-order valence-corrected chi connectivity index (χ2v) is 5.54. The lowest BCUT2D eigenvalue weighted by Crippen LogP contribution is -2.68. The number of ether oxygens (including phenoxy) is 3. The van der Waals surface area contributed by atoms with E-state index in [4.69, 9.17) is 5.26 Å². The zero-order chi connectivity index (χ0) is 27.8. The predicted molar refractivity (Wildman–Crippen MR) is 64.0 cm³/mol. The molecule has 0 aliphatic carbocycles. The number of nitrogens with zero attached hydrogens (tertiary/aromatic N) is 1. The number of alkyl halides is 17. The largest absolute Gasteiger partial charge is 0.462 e. The fourth-order valence-corrected chi connectivity index (χ4v) is 1.43. The van der Waals surface area contributed by atoms with E-state index in [9.17, 15) is 79.4 Å². The maximum atomic E-state index is 13.9. The third-order valence-corrected chi connectivity index (χ3v) is 3.07. The van der Waals surface area contributed by atoms with E-state index >= 15 is 0 Å². The van der Waals surface area contributed by atoms with Crippen LogP contribution in [0.15, 0.2) is 0 Å². The zero-order valence-electron chi connectivity index (χ0n) is 14.9. The first kappa shape index (κ1) is 31.7. The molecule has 34 heavy (non-hydrogen) atoms. The molecule has 200 valence electrons. The number of hydrogen-bond donors (Lipinski definition) is 0. The van der Waals surface area contributed by atoms with Crippen molar-refractivity contribution in [3.63, 3.8) is 0 Å². The Bertz CT molecular complexity index is 781. The van der Waals surface area contributed by atoms with Crippen molar-refractivity contribution in [3.05, 3.63) is 0 Å². The Morgan fingerprint density at radius 3 is 1.41 bits per heavy atom. The summed E-state index contributed by atoms with van der Waals surface area (Å²) in [7, 11) is 0. The van der Waals surface area contributed by atoms with Crippen LogP contribution in [0.3, 0.4) is 0 Å². The molecule has 0 fully saturated rings. The van der Waals surface area contributed by atoms with Crippen molar-refractivity contribution in [1.82, 2.24) is 0 Å². The molecule has 0 saturated carbocycles. The molecule has 0 saturated heterocycles. The highest BCUT2D eigenvalue weighted by molar-refractivity contribution is 5.78. The molecule has 0 amide bonds. The second-order valence-electron chi connectivity index (χ2n) is 5.54. The lowest BCUT2D eigenvalue weighted by molar-refractivity contribution is -0.548. The number of carbonyl (C=O) groups excluding carboxylic acids is 1. The van der Waals surface area contributed by atoms with Crippen molar-refractivity contribution in [3.8, 4) is 6.07 Å². The highest BCUT2D eigenvalue weighted by Gasteiger charge is 2.85. The van der Waals surface area contributed by atoms with E-state index in [0.29, 0.717) is 0 Å². The van der Waals surface area contributed by atoms with Crippen molar-refractivity contribution in [2.45, 2.75) is 54.8 Å².